The van der Waals surface area contributed by atoms with Crippen molar-refractivity contribution in [2.45, 2.75) is 45.7 Å². The lowest BCUT2D eigenvalue weighted by atomic mass is 10.0. The lowest BCUT2D eigenvalue weighted by Crippen LogP contribution is -2.50. The monoisotopic (exact) mass is 412 g/mol. The lowest BCUT2D eigenvalue weighted by Gasteiger charge is -2.33. The number of nitrogens with one attached hydrogen (secondary N) is 1. The van der Waals surface area contributed by atoms with Crippen molar-refractivity contribution in [3.8, 4) is 0 Å². The highest BCUT2D eigenvalue weighted by atomic mass is 32.1. The summed E-state index contributed by atoms with van der Waals surface area (Å²) < 4.78 is 9.37. The zero-order chi connectivity index (χ0) is 21.0. The van der Waals surface area contributed by atoms with Gasteiger partial charge in [-0.25, -0.2) is 0 Å². The molecule has 2 aromatic heterocycles. The summed E-state index contributed by atoms with van der Waals surface area (Å²) in [4.78, 5) is 28.2. The van der Waals surface area contributed by atoms with E-state index in [9.17, 15) is 9.59 Å². The van der Waals surface area contributed by atoms with Gasteiger partial charge in [-0.1, -0.05) is 23.5 Å². The molecule has 2 heterocycles. The third-order valence-corrected chi connectivity index (χ3v) is 5.25. The van der Waals surface area contributed by atoms with Crippen molar-refractivity contribution in [3.63, 3.8) is 0 Å². The number of benzene rings is 1. The fourth-order valence-corrected chi connectivity index (χ4v) is 3.28. The van der Waals surface area contributed by atoms with Crippen molar-refractivity contribution in [2.24, 2.45) is 0 Å². The number of aromatic nitrogens is 2. The fourth-order valence-electron chi connectivity index (χ4n) is 2.85. The van der Waals surface area contributed by atoms with Crippen LogP contribution in [0, 0.1) is 6.92 Å². The van der Waals surface area contributed by atoms with Gasteiger partial charge in [0.1, 0.15) is 5.76 Å². The zero-order valence-corrected chi connectivity index (χ0v) is 17.7. The molecule has 0 saturated carbocycles. The highest BCUT2D eigenvalue weighted by Gasteiger charge is 2.38. The van der Waals surface area contributed by atoms with Crippen LogP contribution in [0.5, 0.6) is 0 Å². The van der Waals surface area contributed by atoms with Gasteiger partial charge in [0.25, 0.3) is 11.8 Å². The smallest absolute Gasteiger partial charge is 0.280 e. The van der Waals surface area contributed by atoms with Crippen LogP contribution in [0.4, 0.5) is 5.69 Å². The maximum atomic E-state index is 13.4. The second kappa shape index (κ2) is 8.57. The standard InChI is InChI=1S/C21H24N4O3S/c1-5-21(3,4)22-19(26)18(17-10-7-11-28-17)25(15-9-6-8-14(2)12-15)20(27)16-13-29-24-23-16/h6-13,18H,5H2,1-4H3,(H,22,26). The Morgan fingerprint density at radius 3 is 2.66 bits per heavy atom. The minimum Gasteiger partial charge on any atom is -0.467 e. The van der Waals surface area contributed by atoms with Crippen LogP contribution in [0.15, 0.2) is 52.5 Å². The molecule has 7 nitrogen and oxygen atoms in total. The molecule has 29 heavy (non-hydrogen) atoms. The first-order chi connectivity index (χ1) is 13.8. The summed E-state index contributed by atoms with van der Waals surface area (Å²) >= 11 is 1.08. The van der Waals surface area contributed by atoms with Gasteiger partial charge in [0.2, 0.25) is 0 Å². The molecular formula is C21H24N4O3S. The van der Waals surface area contributed by atoms with Crippen LogP contribution in [0.1, 0.15) is 55.0 Å². The van der Waals surface area contributed by atoms with E-state index in [2.05, 4.69) is 14.9 Å². The molecule has 8 heteroatoms. The summed E-state index contributed by atoms with van der Waals surface area (Å²) in [6.45, 7) is 7.80. The van der Waals surface area contributed by atoms with Crippen LogP contribution >= 0.6 is 11.5 Å². The van der Waals surface area contributed by atoms with Crippen LogP contribution in [0.3, 0.4) is 0 Å². The molecular weight excluding hydrogens is 388 g/mol. The van der Waals surface area contributed by atoms with E-state index in [1.165, 1.54) is 11.2 Å². The van der Waals surface area contributed by atoms with Crippen LogP contribution in [-0.4, -0.2) is 26.9 Å². The molecule has 1 unspecified atom stereocenters. The Hall–Kier alpha value is -3.00. The van der Waals surface area contributed by atoms with E-state index in [0.717, 1.165) is 23.5 Å². The van der Waals surface area contributed by atoms with Crippen LogP contribution in [0.2, 0.25) is 0 Å². The average molecular weight is 413 g/mol. The Morgan fingerprint density at radius 2 is 2.07 bits per heavy atom. The van der Waals surface area contributed by atoms with E-state index < -0.39 is 17.5 Å². The first kappa shape index (κ1) is 20.7. The molecule has 0 spiro atoms. The van der Waals surface area contributed by atoms with Gasteiger partial charge < -0.3 is 9.73 Å². The van der Waals surface area contributed by atoms with E-state index in [1.807, 2.05) is 45.9 Å². The third-order valence-electron chi connectivity index (χ3n) is 4.74. The summed E-state index contributed by atoms with van der Waals surface area (Å²) in [5, 5.41) is 8.51. The SMILES string of the molecule is CCC(C)(C)NC(=O)C(c1ccco1)N(C(=O)c1csnn1)c1cccc(C)c1. The highest BCUT2D eigenvalue weighted by molar-refractivity contribution is 7.03. The Morgan fingerprint density at radius 1 is 1.28 bits per heavy atom. The molecule has 0 saturated heterocycles. The van der Waals surface area contributed by atoms with Gasteiger partial charge in [-0.3, -0.25) is 14.5 Å². The van der Waals surface area contributed by atoms with E-state index in [1.54, 1.807) is 23.6 Å². The van der Waals surface area contributed by atoms with E-state index >= 15 is 0 Å². The number of nitrogens with zero attached hydrogens (tertiary/aromatic N) is 3. The van der Waals surface area contributed by atoms with Gasteiger partial charge in [0, 0.05) is 16.6 Å². The van der Waals surface area contributed by atoms with Gasteiger partial charge >= 0.3 is 0 Å². The molecule has 1 aromatic carbocycles. The topological polar surface area (TPSA) is 88.3 Å². The molecule has 0 aliphatic rings. The third kappa shape index (κ3) is 4.71. The maximum absolute atomic E-state index is 13.4. The molecule has 0 fully saturated rings. The number of carbonyl (C=O) groups excluding carboxylic acids is 2. The lowest BCUT2D eigenvalue weighted by molar-refractivity contribution is -0.124. The highest BCUT2D eigenvalue weighted by Crippen LogP contribution is 2.31. The van der Waals surface area contributed by atoms with Crippen LogP contribution < -0.4 is 10.2 Å². The normalized spacial score (nSPS) is 12.4. The van der Waals surface area contributed by atoms with Crippen LogP contribution in [-0.2, 0) is 4.79 Å². The minimum atomic E-state index is -0.994. The molecule has 0 aliphatic carbocycles. The molecule has 0 bridgehead atoms. The fraction of sp³-hybridized carbons (Fsp3) is 0.333. The van der Waals surface area contributed by atoms with Gasteiger partial charge in [-0.2, -0.15) is 0 Å². The van der Waals surface area contributed by atoms with Gasteiger partial charge in [-0.05, 0) is 68.6 Å². The number of carbonyl (C=O) groups is 2. The Balaban J connectivity index is 2.12. The van der Waals surface area contributed by atoms with Gasteiger partial charge in [0.05, 0.1) is 6.26 Å². The number of anilines is 1. The minimum absolute atomic E-state index is 0.176. The van der Waals surface area contributed by atoms with Crippen LogP contribution in [0.25, 0.3) is 0 Å². The van der Waals surface area contributed by atoms with Crippen molar-refractivity contribution in [1.29, 1.82) is 0 Å². The summed E-state index contributed by atoms with van der Waals surface area (Å²) in [7, 11) is 0. The summed E-state index contributed by atoms with van der Waals surface area (Å²) in [6.07, 6.45) is 2.22. The first-order valence-corrected chi connectivity index (χ1v) is 10.2. The number of furan rings is 1. The summed E-state index contributed by atoms with van der Waals surface area (Å²) in [6, 6.07) is 9.82. The van der Waals surface area contributed by atoms with Gasteiger partial charge in [0.15, 0.2) is 11.7 Å². The molecule has 3 rings (SSSR count). The number of hydrogen-bond donors (Lipinski definition) is 1. The Labute approximate surface area is 173 Å². The summed E-state index contributed by atoms with van der Waals surface area (Å²) in [5.41, 5.74) is 1.28. The Bertz CT molecular complexity index is 968. The quantitative estimate of drug-likeness (QED) is 0.630. The predicted molar refractivity (Wildman–Crippen MR) is 112 cm³/mol. The maximum Gasteiger partial charge on any atom is 0.280 e. The predicted octanol–water partition coefficient (Wildman–Crippen LogP) is 4.13. The van der Waals surface area contributed by atoms with Crippen molar-refractivity contribution < 1.29 is 14.0 Å². The molecule has 0 aliphatic heterocycles. The molecule has 1 N–H and O–H groups in total. The number of amides is 2. The van der Waals surface area contributed by atoms with Crippen molar-refractivity contribution in [3.05, 3.63) is 65.1 Å². The number of aryl methyl sites for hydroxylation is 1. The molecule has 0 radical (unpaired) electrons. The summed E-state index contributed by atoms with van der Waals surface area (Å²) in [5.74, 6) is -0.382. The van der Waals surface area contributed by atoms with Crippen molar-refractivity contribution in [2.75, 3.05) is 4.90 Å². The largest absolute Gasteiger partial charge is 0.467 e. The average Bonchev–Trinajstić information content (AvgIpc) is 3.39. The zero-order valence-electron chi connectivity index (χ0n) is 16.9. The number of rotatable bonds is 7. The second-order valence-electron chi connectivity index (χ2n) is 7.45. The molecule has 152 valence electrons. The van der Waals surface area contributed by atoms with Crippen molar-refractivity contribution >= 4 is 29.0 Å². The van der Waals surface area contributed by atoms with Crippen molar-refractivity contribution in [1.82, 2.24) is 14.9 Å². The van der Waals surface area contributed by atoms with E-state index in [4.69, 9.17) is 4.42 Å². The molecule has 3 aromatic rings. The van der Waals surface area contributed by atoms with E-state index in [-0.39, 0.29) is 11.6 Å². The first-order valence-electron chi connectivity index (χ1n) is 9.35. The molecule has 1 atom stereocenters. The number of hydrogen-bond acceptors (Lipinski definition) is 6. The Kier molecular flexibility index (Phi) is 6.12. The molecule has 2 amide bonds. The van der Waals surface area contributed by atoms with E-state index in [0.29, 0.717) is 11.4 Å². The van der Waals surface area contributed by atoms with Gasteiger partial charge in [-0.15, -0.1) is 5.10 Å². The second-order valence-corrected chi connectivity index (χ2v) is 8.06.